The van der Waals surface area contributed by atoms with Crippen LogP contribution in [0.25, 0.3) is 0 Å². The summed E-state index contributed by atoms with van der Waals surface area (Å²) in [5.41, 5.74) is 6.67. The molecular weight excluding hydrogens is 272 g/mol. The summed E-state index contributed by atoms with van der Waals surface area (Å²) in [5, 5.41) is 3.81. The van der Waals surface area contributed by atoms with Crippen LogP contribution in [0.3, 0.4) is 0 Å². The van der Waals surface area contributed by atoms with Crippen molar-refractivity contribution in [2.75, 3.05) is 0 Å². The third kappa shape index (κ3) is 3.53. The maximum atomic E-state index is 12.5. The molecule has 20 heavy (non-hydrogen) atoms. The lowest BCUT2D eigenvalue weighted by Crippen LogP contribution is -2.55. The van der Waals surface area contributed by atoms with E-state index in [4.69, 9.17) is 17.3 Å². The maximum Gasteiger partial charge on any atom is 0.240 e. The van der Waals surface area contributed by atoms with E-state index >= 15 is 0 Å². The number of benzene rings is 1. The van der Waals surface area contributed by atoms with Gasteiger partial charge < -0.3 is 11.1 Å². The Bertz CT molecular complexity index is 452. The van der Waals surface area contributed by atoms with E-state index in [1.807, 2.05) is 24.3 Å². The van der Waals surface area contributed by atoms with E-state index in [2.05, 4.69) is 12.2 Å². The van der Waals surface area contributed by atoms with Crippen LogP contribution < -0.4 is 11.1 Å². The van der Waals surface area contributed by atoms with E-state index in [9.17, 15) is 4.79 Å². The maximum absolute atomic E-state index is 12.5. The standard InChI is InChI=1S/C16H23ClN2O/c1-2-14(12-6-8-13(17)9-7-12)19-15(20)16(18)10-4-3-5-11-16/h6-9,14H,2-5,10-11,18H2,1H3,(H,19,20). The van der Waals surface area contributed by atoms with Crippen LogP contribution >= 0.6 is 11.6 Å². The van der Waals surface area contributed by atoms with E-state index in [1.54, 1.807) is 0 Å². The Hall–Kier alpha value is -1.06. The summed E-state index contributed by atoms with van der Waals surface area (Å²) in [4.78, 5) is 12.5. The van der Waals surface area contributed by atoms with E-state index in [-0.39, 0.29) is 11.9 Å². The van der Waals surface area contributed by atoms with Gasteiger partial charge in [-0.1, -0.05) is 49.9 Å². The van der Waals surface area contributed by atoms with Gasteiger partial charge in [-0.05, 0) is 37.0 Å². The second-order valence-corrected chi connectivity index (χ2v) is 6.14. The van der Waals surface area contributed by atoms with Crippen molar-refractivity contribution in [2.24, 2.45) is 5.73 Å². The van der Waals surface area contributed by atoms with E-state index in [0.29, 0.717) is 5.02 Å². The average molecular weight is 295 g/mol. The summed E-state index contributed by atoms with van der Waals surface area (Å²) in [6, 6.07) is 7.62. The molecule has 1 aromatic rings. The molecule has 0 spiro atoms. The number of amides is 1. The average Bonchev–Trinajstić information content (AvgIpc) is 2.46. The van der Waals surface area contributed by atoms with Crippen molar-refractivity contribution in [3.63, 3.8) is 0 Å². The Labute approximate surface area is 125 Å². The molecule has 1 aliphatic carbocycles. The summed E-state index contributed by atoms with van der Waals surface area (Å²) in [6.45, 7) is 2.06. The molecule has 1 unspecified atom stereocenters. The highest BCUT2D eigenvalue weighted by Crippen LogP contribution is 2.27. The predicted molar refractivity (Wildman–Crippen MR) is 82.6 cm³/mol. The molecule has 3 N–H and O–H groups in total. The fraction of sp³-hybridized carbons (Fsp3) is 0.562. The lowest BCUT2D eigenvalue weighted by Gasteiger charge is -2.33. The molecule has 0 saturated heterocycles. The van der Waals surface area contributed by atoms with Crippen LogP contribution in [-0.2, 0) is 4.79 Å². The van der Waals surface area contributed by atoms with Crippen molar-refractivity contribution in [3.8, 4) is 0 Å². The van der Waals surface area contributed by atoms with Gasteiger partial charge in [0.15, 0.2) is 0 Å². The monoisotopic (exact) mass is 294 g/mol. The van der Waals surface area contributed by atoms with Gasteiger partial charge in [0.25, 0.3) is 0 Å². The SMILES string of the molecule is CCC(NC(=O)C1(N)CCCCC1)c1ccc(Cl)cc1. The highest BCUT2D eigenvalue weighted by Gasteiger charge is 2.36. The molecule has 1 fully saturated rings. The van der Waals surface area contributed by atoms with Crippen molar-refractivity contribution in [3.05, 3.63) is 34.9 Å². The summed E-state index contributed by atoms with van der Waals surface area (Å²) < 4.78 is 0. The zero-order valence-corrected chi connectivity index (χ0v) is 12.7. The molecule has 0 heterocycles. The van der Waals surface area contributed by atoms with Crippen LogP contribution in [0.2, 0.25) is 5.02 Å². The number of hydrogen-bond donors (Lipinski definition) is 2. The molecule has 0 aromatic heterocycles. The Morgan fingerprint density at radius 3 is 2.45 bits per heavy atom. The van der Waals surface area contributed by atoms with Crippen LogP contribution in [0, 0.1) is 0 Å². The summed E-state index contributed by atoms with van der Waals surface area (Å²) in [7, 11) is 0. The minimum Gasteiger partial charge on any atom is -0.348 e. The molecule has 0 bridgehead atoms. The first kappa shape index (κ1) is 15.3. The van der Waals surface area contributed by atoms with Gasteiger partial charge in [0.1, 0.15) is 0 Å². The molecule has 2 rings (SSSR count). The van der Waals surface area contributed by atoms with Gasteiger partial charge in [-0.25, -0.2) is 0 Å². The molecule has 4 heteroatoms. The number of carbonyl (C=O) groups excluding carboxylic acids is 1. The predicted octanol–water partition coefficient (Wildman–Crippen LogP) is 3.57. The molecule has 0 aliphatic heterocycles. The first-order valence-electron chi connectivity index (χ1n) is 7.40. The van der Waals surface area contributed by atoms with Gasteiger partial charge in [-0.15, -0.1) is 0 Å². The zero-order chi connectivity index (χ0) is 14.6. The Morgan fingerprint density at radius 1 is 1.30 bits per heavy atom. The molecule has 1 amide bonds. The van der Waals surface area contributed by atoms with Gasteiger partial charge in [0, 0.05) is 5.02 Å². The first-order chi connectivity index (χ1) is 9.55. The third-order valence-corrected chi connectivity index (χ3v) is 4.44. The molecule has 110 valence electrons. The van der Waals surface area contributed by atoms with Gasteiger partial charge in [0.2, 0.25) is 5.91 Å². The number of halogens is 1. The minimum atomic E-state index is -0.682. The van der Waals surface area contributed by atoms with Crippen molar-refractivity contribution in [1.29, 1.82) is 0 Å². The van der Waals surface area contributed by atoms with Gasteiger partial charge in [-0.3, -0.25) is 4.79 Å². The highest BCUT2D eigenvalue weighted by atomic mass is 35.5. The quantitative estimate of drug-likeness (QED) is 0.892. The van der Waals surface area contributed by atoms with Crippen LogP contribution in [0.15, 0.2) is 24.3 Å². The van der Waals surface area contributed by atoms with Crippen molar-refractivity contribution >= 4 is 17.5 Å². The minimum absolute atomic E-state index is 0.00196. The number of hydrogen-bond acceptors (Lipinski definition) is 2. The van der Waals surface area contributed by atoms with E-state index in [1.165, 1.54) is 6.42 Å². The molecule has 1 atom stereocenters. The van der Waals surface area contributed by atoms with Gasteiger partial charge in [0.05, 0.1) is 11.6 Å². The molecule has 1 aromatic carbocycles. The third-order valence-electron chi connectivity index (χ3n) is 4.18. The van der Waals surface area contributed by atoms with Gasteiger partial charge in [-0.2, -0.15) is 0 Å². The van der Waals surface area contributed by atoms with Crippen LogP contribution in [-0.4, -0.2) is 11.4 Å². The van der Waals surface area contributed by atoms with E-state index in [0.717, 1.165) is 37.7 Å². The smallest absolute Gasteiger partial charge is 0.240 e. The summed E-state index contributed by atoms with van der Waals surface area (Å²) in [5.74, 6) is -0.0148. The van der Waals surface area contributed by atoms with Crippen LogP contribution in [0.1, 0.15) is 57.1 Å². The van der Waals surface area contributed by atoms with Gasteiger partial charge >= 0.3 is 0 Å². The normalized spacial score (nSPS) is 19.4. The fourth-order valence-electron chi connectivity index (χ4n) is 2.83. The van der Waals surface area contributed by atoms with E-state index < -0.39 is 5.54 Å². The number of rotatable bonds is 4. The van der Waals surface area contributed by atoms with Crippen molar-refractivity contribution < 1.29 is 4.79 Å². The summed E-state index contributed by atoms with van der Waals surface area (Å²) >= 11 is 5.90. The lowest BCUT2D eigenvalue weighted by atomic mass is 9.81. The van der Waals surface area contributed by atoms with Crippen LogP contribution in [0.5, 0.6) is 0 Å². The second-order valence-electron chi connectivity index (χ2n) is 5.70. The Balaban J connectivity index is 2.05. The van der Waals surface area contributed by atoms with Crippen molar-refractivity contribution in [1.82, 2.24) is 5.32 Å². The highest BCUT2D eigenvalue weighted by molar-refractivity contribution is 6.30. The molecular formula is C16H23ClN2O. The topological polar surface area (TPSA) is 55.1 Å². The van der Waals surface area contributed by atoms with Crippen molar-refractivity contribution in [2.45, 2.75) is 57.0 Å². The molecule has 1 aliphatic rings. The number of nitrogens with one attached hydrogen (secondary N) is 1. The number of carbonyl (C=O) groups is 1. The molecule has 0 radical (unpaired) electrons. The van der Waals surface area contributed by atoms with Crippen LogP contribution in [0.4, 0.5) is 0 Å². The number of nitrogens with two attached hydrogens (primary N) is 1. The largest absolute Gasteiger partial charge is 0.348 e. The Morgan fingerprint density at radius 2 is 1.90 bits per heavy atom. The molecule has 3 nitrogen and oxygen atoms in total. The molecule has 1 saturated carbocycles. The Kier molecular flexibility index (Phi) is 5.06. The lowest BCUT2D eigenvalue weighted by molar-refractivity contribution is -0.128. The first-order valence-corrected chi connectivity index (χ1v) is 7.78. The second kappa shape index (κ2) is 6.59. The fourth-order valence-corrected chi connectivity index (χ4v) is 2.95. The zero-order valence-electron chi connectivity index (χ0n) is 12.0. The summed E-state index contributed by atoms with van der Waals surface area (Å²) in [6.07, 6.45) is 5.68.